The van der Waals surface area contributed by atoms with Crippen LogP contribution in [0.25, 0.3) is 0 Å². The molecule has 0 aliphatic rings. The monoisotopic (exact) mass is 330 g/mol. The number of hydrogen-bond acceptors (Lipinski definition) is 6. The van der Waals surface area contributed by atoms with E-state index in [4.69, 9.17) is 9.94 Å². The summed E-state index contributed by atoms with van der Waals surface area (Å²) in [5.41, 5.74) is 2.33. The van der Waals surface area contributed by atoms with Crippen molar-refractivity contribution in [1.82, 2.24) is 15.8 Å². The Bertz CT molecular complexity index is 617. The molecule has 19 heavy (non-hydrogen) atoms. The summed E-state index contributed by atoms with van der Waals surface area (Å²) in [5.74, 6) is -0.406. The van der Waals surface area contributed by atoms with E-state index < -0.39 is 5.82 Å². The fourth-order valence-corrected chi connectivity index (χ4v) is 1.64. The van der Waals surface area contributed by atoms with E-state index in [2.05, 4.69) is 35.9 Å². The van der Waals surface area contributed by atoms with Crippen molar-refractivity contribution in [2.24, 2.45) is 4.99 Å². The number of benzene rings is 1. The second kappa shape index (κ2) is 5.76. The summed E-state index contributed by atoms with van der Waals surface area (Å²) in [4.78, 5) is 4.05. The highest BCUT2D eigenvalue weighted by atomic mass is 79.9. The summed E-state index contributed by atoms with van der Waals surface area (Å²) >= 11 is 3.04. The zero-order chi connectivity index (χ0) is 13.8. The highest BCUT2D eigenvalue weighted by molar-refractivity contribution is 9.10. The van der Waals surface area contributed by atoms with Gasteiger partial charge in [-0.15, -0.1) is 0 Å². The molecule has 0 unspecified atom stereocenters. The number of nitrogens with zero attached hydrogens (tertiary/aromatic N) is 3. The van der Waals surface area contributed by atoms with Gasteiger partial charge in [0.15, 0.2) is 5.84 Å². The van der Waals surface area contributed by atoms with E-state index in [1.807, 2.05) is 5.48 Å². The van der Waals surface area contributed by atoms with Crippen molar-refractivity contribution < 1.29 is 19.0 Å². The molecular weight excluding hydrogens is 323 g/mol. The van der Waals surface area contributed by atoms with Crippen LogP contribution in [0.4, 0.5) is 10.1 Å². The molecule has 9 heteroatoms. The molecule has 0 saturated heterocycles. The number of halogens is 2. The molecule has 100 valence electrons. The smallest absolute Gasteiger partial charge is 0.287 e. The molecule has 0 aliphatic heterocycles. The van der Waals surface area contributed by atoms with Gasteiger partial charge in [0.05, 0.1) is 17.3 Å². The molecule has 0 saturated carbocycles. The third kappa shape index (κ3) is 2.88. The summed E-state index contributed by atoms with van der Waals surface area (Å²) < 4.78 is 22.7. The quantitative estimate of drug-likeness (QED) is 0.508. The normalized spacial score (nSPS) is 11.5. The van der Waals surface area contributed by atoms with Crippen LogP contribution in [0.3, 0.4) is 0 Å². The van der Waals surface area contributed by atoms with Crippen LogP contribution in [0.2, 0.25) is 0 Å². The first-order chi connectivity index (χ1) is 9.15. The van der Waals surface area contributed by atoms with E-state index in [-0.39, 0.29) is 21.9 Å². The van der Waals surface area contributed by atoms with Gasteiger partial charge in [-0.2, -0.15) is 0 Å². The molecule has 1 aromatic carbocycles. The summed E-state index contributed by atoms with van der Waals surface area (Å²) in [6, 6.07) is 4.10. The number of amidine groups is 1. The van der Waals surface area contributed by atoms with Crippen LogP contribution in [0.5, 0.6) is 5.88 Å². The number of rotatable bonds is 3. The molecule has 2 aromatic rings. The lowest BCUT2D eigenvalue weighted by molar-refractivity contribution is 0.233. The van der Waals surface area contributed by atoms with Crippen LogP contribution >= 0.6 is 15.9 Å². The Kier molecular flexibility index (Phi) is 4.07. The molecule has 1 aromatic heterocycles. The first kappa shape index (κ1) is 13.4. The van der Waals surface area contributed by atoms with Crippen LogP contribution in [-0.4, -0.2) is 28.5 Å². The lowest BCUT2D eigenvalue weighted by Crippen LogP contribution is -2.21. The predicted octanol–water partition coefficient (Wildman–Crippen LogP) is 2.04. The highest BCUT2D eigenvalue weighted by Crippen LogP contribution is 2.23. The standard InChI is InChI=1S/C10H8BrFN4O3/c1-18-10-8(15-19-16-10)9(14-17)13-5-2-3-7(12)6(11)4-5/h2-4,17H,1H3,(H,13,14). The van der Waals surface area contributed by atoms with Crippen molar-refractivity contribution >= 4 is 27.5 Å². The van der Waals surface area contributed by atoms with Crippen LogP contribution in [-0.2, 0) is 0 Å². The summed E-state index contributed by atoms with van der Waals surface area (Å²) in [6.45, 7) is 0. The summed E-state index contributed by atoms with van der Waals surface area (Å²) in [7, 11) is 1.37. The Morgan fingerprint density at radius 3 is 2.95 bits per heavy atom. The summed E-state index contributed by atoms with van der Waals surface area (Å²) in [6.07, 6.45) is 0. The Hall–Kier alpha value is -2.00. The third-order valence-corrected chi connectivity index (χ3v) is 2.73. The topological polar surface area (TPSA) is 92.8 Å². The van der Waals surface area contributed by atoms with Gasteiger partial charge in [0, 0.05) is 0 Å². The van der Waals surface area contributed by atoms with E-state index in [0.29, 0.717) is 5.69 Å². The molecule has 0 spiro atoms. The van der Waals surface area contributed by atoms with Crippen LogP contribution < -0.4 is 10.2 Å². The largest absolute Gasteiger partial charge is 0.477 e. The van der Waals surface area contributed by atoms with Gasteiger partial charge in [0.1, 0.15) is 5.82 Å². The molecule has 7 nitrogen and oxygen atoms in total. The summed E-state index contributed by atoms with van der Waals surface area (Å²) in [5, 5.41) is 16.1. The fourth-order valence-electron chi connectivity index (χ4n) is 1.27. The molecule has 2 rings (SSSR count). The van der Waals surface area contributed by atoms with Gasteiger partial charge in [-0.25, -0.2) is 14.0 Å². The fraction of sp³-hybridized carbons (Fsp3) is 0.100. The van der Waals surface area contributed by atoms with Gasteiger partial charge in [-0.1, -0.05) is 0 Å². The molecule has 2 N–H and O–H groups in total. The van der Waals surface area contributed by atoms with Crippen LogP contribution in [0.15, 0.2) is 32.3 Å². The maximum atomic E-state index is 13.1. The zero-order valence-electron chi connectivity index (χ0n) is 9.59. The number of ether oxygens (including phenoxy) is 1. The number of methoxy groups -OCH3 is 1. The molecule has 0 amide bonds. The van der Waals surface area contributed by atoms with E-state index in [9.17, 15) is 4.39 Å². The average Bonchev–Trinajstić information content (AvgIpc) is 2.88. The van der Waals surface area contributed by atoms with Crippen LogP contribution in [0, 0.1) is 5.82 Å². The van der Waals surface area contributed by atoms with Gasteiger partial charge in [-0.3, -0.25) is 10.7 Å². The first-order valence-corrected chi connectivity index (χ1v) is 5.75. The zero-order valence-corrected chi connectivity index (χ0v) is 11.2. The predicted molar refractivity (Wildman–Crippen MR) is 66.1 cm³/mol. The van der Waals surface area contributed by atoms with Crippen molar-refractivity contribution in [2.45, 2.75) is 0 Å². The van der Waals surface area contributed by atoms with Gasteiger partial charge < -0.3 is 4.74 Å². The Morgan fingerprint density at radius 1 is 1.53 bits per heavy atom. The van der Waals surface area contributed by atoms with Crippen LogP contribution in [0.1, 0.15) is 5.69 Å². The molecule has 0 fully saturated rings. The van der Waals surface area contributed by atoms with E-state index in [0.717, 1.165) is 0 Å². The number of aromatic nitrogens is 2. The van der Waals surface area contributed by atoms with Crippen molar-refractivity contribution in [3.63, 3.8) is 0 Å². The average molecular weight is 331 g/mol. The minimum Gasteiger partial charge on any atom is -0.477 e. The Morgan fingerprint density at radius 2 is 2.32 bits per heavy atom. The lowest BCUT2D eigenvalue weighted by Gasteiger charge is -2.02. The number of nitrogens with one attached hydrogen (secondary N) is 1. The van der Waals surface area contributed by atoms with E-state index in [1.54, 1.807) is 0 Å². The maximum absolute atomic E-state index is 13.1. The minimum absolute atomic E-state index is 0.0448. The molecule has 0 bridgehead atoms. The molecule has 0 atom stereocenters. The van der Waals surface area contributed by atoms with Crippen molar-refractivity contribution in [3.05, 3.63) is 34.2 Å². The molecule has 0 aliphatic carbocycles. The van der Waals surface area contributed by atoms with Crippen molar-refractivity contribution in [1.29, 1.82) is 0 Å². The number of hydroxylamine groups is 1. The van der Waals surface area contributed by atoms with Crippen molar-refractivity contribution in [2.75, 3.05) is 7.11 Å². The highest BCUT2D eigenvalue weighted by Gasteiger charge is 2.17. The second-order valence-corrected chi connectivity index (χ2v) is 4.15. The van der Waals surface area contributed by atoms with Gasteiger partial charge in [-0.05, 0) is 44.4 Å². The van der Waals surface area contributed by atoms with E-state index >= 15 is 0 Å². The second-order valence-electron chi connectivity index (χ2n) is 3.29. The molecule has 0 radical (unpaired) electrons. The lowest BCUT2D eigenvalue weighted by atomic mass is 10.3. The molecular formula is C10H8BrFN4O3. The van der Waals surface area contributed by atoms with Gasteiger partial charge >= 0.3 is 0 Å². The van der Waals surface area contributed by atoms with Gasteiger partial charge in [0.2, 0.25) is 5.69 Å². The molecule has 1 heterocycles. The first-order valence-electron chi connectivity index (χ1n) is 4.96. The Labute approximate surface area is 115 Å². The SMILES string of the molecule is COc1nonc1C(=Nc1ccc(F)c(Br)c1)NO. The third-order valence-electron chi connectivity index (χ3n) is 2.13. The van der Waals surface area contributed by atoms with Crippen molar-refractivity contribution in [3.8, 4) is 5.88 Å². The van der Waals surface area contributed by atoms with Gasteiger partial charge in [0.25, 0.3) is 5.88 Å². The minimum atomic E-state index is -0.418. The Balaban J connectivity index is 2.41. The van der Waals surface area contributed by atoms with E-state index in [1.165, 1.54) is 25.3 Å². The number of aliphatic imine (C=N–C) groups is 1. The maximum Gasteiger partial charge on any atom is 0.287 e. The number of hydrogen-bond donors (Lipinski definition) is 2.